The van der Waals surface area contributed by atoms with Crippen LogP contribution in [0.25, 0.3) is 10.2 Å². The van der Waals surface area contributed by atoms with Crippen LogP contribution < -0.4 is 5.32 Å². The summed E-state index contributed by atoms with van der Waals surface area (Å²) in [4.78, 5) is 28.8. The van der Waals surface area contributed by atoms with E-state index in [1.54, 1.807) is 23.7 Å². The minimum Gasteiger partial charge on any atom is -0.452 e. The molecule has 4 bridgehead atoms. The Bertz CT molecular complexity index is 834. The summed E-state index contributed by atoms with van der Waals surface area (Å²) in [7, 11) is 0. The van der Waals surface area contributed by atoms with Gasteiger partial charge in [0.15, 0.2) is 6.61 Å². The molecule has 1 N–H and O–H groups in total. The number of fused-ring (bicyclic) bond motifs is 1. The zero-order chi connectivity index (χ0) is 17.7. The smallest absolute Gasteiger partial charge is 0.338 e. The molecule has 0 unspecified atom stereocenters. The standard InChI is InChI=1S/C20H22N2O3S/c23-18(22-19-14-4-11-3-12(6-14)7-15(19)5-11)9-25-20(24)13-1-2-16-17(8-13)26-10-21-16/h1-2,8,10-12,14-15,19H,3-7,9H2,(H,22,23). The Morgan fingerprint density at radius 1 is 1.12 bits per heavy atom. The maximum absolute atomic E-state index is 12.3. The average molecular weight is 370 g/mol. The number of hydrogen-bond acceptors (Lipinski definition) is 5. The lowest BCUT2D eigenvalue weighted by molar-refractivity contribution is -0.128. The number of carbonyl (C=O) groups excluding carboxylic acids is 2. The van der Waals surface area contributed by atoms with Crippen molar-refractivity contribution in [3.63, 3.8) is 0 Å². The van der Waals surface area contributed by atoms with Crippen molar-refractivity contribution in [3.05, 3.63) is 29.3 Å². The number of amides is 1. The van der Waals surface area contributed by atoms with Crippen LogP contribution in [0.1, 0.15) is 42.5 Å². The lowest BCUT2D eigenvalue weighted by Crippen LogP contribution is -2.56. The fraction of sp³-hybridized carbons (Fsp3) is 0.550. The first kappa shape index (κ1) is 16.2. The number of thiazole rings is 1. The van der Waals surface area contributed by atoms with Crippen LogP contribution in [0, 0.1) is 23.7 Å². The molecule has 1 aromatic heterocycles. The average Bonchev–Trinajstić information content (AvgIpc) is 3.10. The van der Waals surface area contributed by atoms with Crippen LogP contribution in [-0.4, -0.2) is 29.5 Å². The van der Waals surface area contributed by atoms with Gasteiger partial charge >= 0.3 is 5.97 Å². The van der Waals surface area contributed by atoms with Crippen LogP contribution in [-0.2, 0) is 9.53 Å². The molecule has 1 heterocycles. The number of nitrogens with zero attached hydrogens (tertiary/aromatic N) is 1. The highest BCUT2D eigenvalue weighted by Gasteiger charge is 2.48. The van der Waals surface area contributed by atoms with Crippen molar-refractivity contribution in [2.45, 2.75) is 38.1 Å². The zero-order valence-corrected chi connectivity index (χ0v) is 15.3. The van der Waals surface area contributed by atoms with E-state index in [2.05, 4.69) is 10.3 Å². The van der Waals surface area contributed by atoms with Crippen LogP contribution in [0.4, 0.5) is 0 Å². The molecule has 5 nitrogen and oxygen atoms in total. The molecule has 4 saturated carbocycles. The molecular weight excluding hydrogens is 348 g/mol. The van der Waals surface area contributed by atoms with Crippen molar-refractivity contribution >= 4 is 33.4 Å². The number of esters is 1. The third-order valence-corrected chi connectivity index (χ3v) is 7.25. The second-order valence-corrected chi connectivity index (χ2v) is 9.02. The van der Waals surface area contributed by atoms with E-state index in [1.807, 2.05) is 0 Å². The molecule has 6 heteroatoms. The molecular formula is C20H22N2O3S. The van der Waals surface area contributed by atoms with Crippen molar-refractivity contribution in [3.8, 4) is 0 Å². The molecule has 4 aliphatic rings. The van der Waals surface area contributed by atoms with E-state index < -0.39 is 5.97 Å². The lowest BCUT2D eigenvalue weighted by Gasteiger charge is -2.54. The van der Waals surface area contributed by atoms with E-state index in [0.717, 1.165) is 22.1 Å². The SMILES string of the molecule is O=C(COC(=O)c1ccc2ncsc2c1)NC1C2CC3CC(C2)CC1C3. The van der Waals surface area contributed by atoms with E-state index in [9.17, 15) is 9.59 Å². The number of hydrogen-bond donors (Lipinski definition) is 1. The summed E-state index contributed by atoms with van der Waals surface area (Å²) < 4.78 is 6.18. The Morgan fingerprint density at radius 2 is 1.85 bits per heavy atom. The van der Waals surface area contributed by atoms with Crippen LogP contribution >= 0.6 is 11.3 Å². The van der Waals surface area contributed by atoms with Gasteiger partial charge in [-0.2, -0.15) is 0 Å². The Kier molecular flexibility index (Phi) is 3.96. The van der Waals surface area contributed by atoms with Crippen molar-refractivity contribution in [1.82, 2.24) is 10.3 Å². The van der Waals surface area contributed by atoms with Gasteiger partial charge in [0.1, 0.15) is 0 Å². The molecule has 0 aliphatic heterocycles. The van der Waals surface area contributed by atoms with Gasteiger partial charge in [0.2, 0.25) is 0 Å². The molecule has 2 aromatic rings. The first-order valence-corrected chi connectivity index (χ1v) is 10.3. The van der Waals surface area contributed by atoms with Gasteiger partial charge in [0.25, 0.3) is 5.91 Å². The Morgan fingerprint density at radius 3 is 2.58 bits per heavy atom. The van der Waals surface area contributed by atoms with Gasteiger partial charge in [0, 0.05) is 6.04 Å². The minimum absolute atomic E-state index is 0.172. The van der Waals surface area contributed by atoms with Crippen LogP contribution in [0.5, 0.6) is 0 Å². The third kappa shape index (κ3) is 2.90. The fourth-order valence-corrected chi connectivity index (χ4v) is 6.30. The summed E-state index contributed by atoms with van der Waals surface area (Å²) in [5, 5.41) is 3.17. The highest BCUT2D eigenvalue weighted by atomic mass is 32.1. The molecule has 4 fully saturated rings. The predicted molar refractivity (Wildman–Crippen MR) is 98.9 cm³/mol. The summed E-state index contributed by atoms with van der Waals surface area (Å²) in [6.07, 6.45) is 6.42. The first-order chi connectivity index (χ1) is 12.7. The largest absolute Gasteiger partial charge is 0.452 e. The number of benzene rings is 1. The second kappa shape index (κ2) is 6.34. The van der Waals surface area contributed by atoms with Crippen LogP contribution in [0.3, 0.4) is 0 Å². The fourth-order valence-electron chi connectivity index (χ4n) is 5.58. The summed E-state index contributed by atoms with van der Waals surface area (Å²) in [5.41, 5.74) is 3.08. The van der Waals surface area contributed by atoms with Crippen molar-refractivity contribution in [2.75, 3.05) is 6.61 Å². The topological polar surface area (TPSA) is 68.3 Å². The molecule has 0 spiro atoms. The Labute approximate surface area is 156 Å². The summed E-state index contributed by atoms with van der Waals surface area (Å²) >= 11 is 1.48. The number of rotatable bonds is 4. The molecule has 0 atom stereocenters. The van der Waals surface area contributed by atoms with Gasteiger partial charge in [-0.25, -0.2) is 9.78 Å². The normalized spacial score (nSPS) is 31.9. The second-order valence-electron chi connectivity index (χ2n) is 8.14. The predicted octanol–water partition coefficient (Wildman–Crippen LogP) is 3.39. The van der Waals surface area contributed by atoms with Gasteiger partial charge in [-0.1, -0.05) is 0 Å². The first-order valence-electron chi connectivity index (χ1n) is 9.45. The van der Waals surface area contributed by atoms with E-state index in [0.29, 0.717) is 17.4 Å². The summed E-state index contributed by atoms with van der Waals surface area (Å²) in [6.45, 7) is -0.206. The van der Waals surface area contributed by atoms with Gasteiger partial charge in [-0.15, -0.1) is 11.3 Å². The third-order valence-electron chi connectivity index (χ3n) is 6.46. The number of nitrogens with one attached hydrogen (secondary N) is 1. The number of ether oxygens (including phenoxy) is 1. The molecule has 4 aliphatic carbocycles. The van der Waals surface area contributed by atoms with Gasteiger partial charge < -0.3 is 10.1 Å². The highest BCUT2D eigenvalue weighted by Crippen LogP contribution is 2.53. The molecule has 1 amide bonds. The molecule has 1 aromatic carbocycles. The van der Waals surface area contributed by atoms with Crippen molar-refractivity contribution < 1.29 is 14.3 Å². The monoisotopic (exact) mass is 370 g/mol. The van der Waals surface area contributed by atoms with Crippen molar-refractivity contribution in [2.24, 2.45) is 23.7 Å². The molecule has 6 rings (SSSR count). The minimum atomic E-state index is -0.458. The maximum Gasteiger partial charge on any atom is 0.338 e. The quantitative estimate of drug-likeness (QED) is 0.838. The number of aromatic nitrogens is 1. The van der Waals surface area contributed by atoms with Gasteiger partial charge in [-0.05, 0) is 74.0 Å². The van der Waals surface area contributed by atoms with Gasteiger partial charge in [0.05, 0.1) is 21.3 Å². The summed E-state index contributed by atoms with van der Waals surface area (Å²) in [6, 6.07) is 5.55. The lowest BCUT2D eigenvalue weighted by atomic mass is 9.54. The van der Waals surface area contributed by atoms with Gasteiger partial charge in [-0.3, -0.25) is 4.79 Å². The number of carbonyl (C=O) groups is 2. The van der Waals surface area contributed by atoms with E-state index >= 15 is 0 Å². The van der Waals surface area contributed by atoms with E-state index in [-0.39, 0.29) is 18.6 Å². The Balaban J connectivity index is 1.18. The molecule has 136 valence electrons. The summed E-state index contributed by atoms with van der Waals surface area (Å²) in [5.74, 6) is 2.38. The van der Waals surface area contributed by atoms with Crippen molar-refractivity contribution in [1.29, 1.82) is 0 Å². The molecule has 26 heavy (non-hydrogen) atoms. The maximum atomic E-state index is 12.3. The van der Waals surface area contributed by atoms with Crippen LogP contribution in [0.2, 0.25) is 0 Å². The highest BCUT2D eigenvalue weighted by molar-refractivity contribution is 7.16. The zero-order valence-electron chi connectivity index (χ0n) is 14.5. The molecule has 0 saturated heterocycles. The Hall–Kier alpha value is -1.95. The van der Waals surface area contributed by atoms with Crippen LogP contribution in [0.15, 0.2) is 23.7 Å². The van der Waals surface area contributed by atoms with E-state index in [1.165, 1.54) is 43.4 Å². The van der Waals surface area contributed by atoms with E-state index in [4.69, 9.17) is 4.74 Å². The molecule has 0 radical (unpaired) electrons.